The summed E-state index contributed by atoms with van der Waals surface area (Å²) >= 11 is 9.31. The van der Waals surface area contributed by atoms with Crippen molar-refractivity contribution in [1.29, 1.82) is 0 Å². The molecule has 0 unspecified atom stereocenters. The average molecular weight is 460 g/mol. The summed E-state index contributed by atoms with van der Waals surface area (Å²) in [7, 11) is 0. The van der Waals surface area contributed by atoms with Gasteiger partial charge in [-0.2, -0.15) is 5.10 Å². The number of halogens is 2. The Balaban J connectivity index is 1.51. The molecule has 1 amide bonds. The number of hydrogen-bond acceptors (Lipinski definition) is 6. The zero-order valence-corrected chi connectivity index (χ0v) is 16.6. The van der Waals surface area contributed by atoms with Crippen molar-refractivity contribution in [2.45, 2.75) is 6.61 Å². The molecule has 0 aliphatic rings. The number of fused-ring (bicyclic) bond motifs is 1. The molecule has 0 atom stereocenters. The molecule has 1 N–H and O–H groups in total. The van der Waals surface area contributed by atoms with Gasteiger partial charge in [-0.25, -0.2) is 19.5 Å². The van der Waals surface area contributed by atoms with Gasteiger partial charge in [0.1, 0.15) is 18.8 Å². The number of anilines is 1. The smallest absolute Gasteiger partial charge is 0.277 e. The fourth-order valence-electron chi connectivity index (χ4n) is 2.46. The fraction of sp³-hybridized carbons (Fsp3) is 0.0556. The minimum absolute atomic E-state index is 0.212. The molecule has 0 spiro atoms. The zero-order chi connectivity index (χ0) is 19.5. The Hall–Kier alpha value is -3.04. The van der Waals surface area contributed by atoms with Crippen molar-refractivity contribution >= 4 is 44.9 Å². The number of nitrogens with one attached hydrogen (secondary N) is 1. The molecule has 4 aromatic rings. The molecular formula is C18H12BrClN6O2. The summed E-state index contributed by atoms with van der Waals surface area (Å²) in [5, 5.41) is 7.02. The predicted molar refractivity (Wildman–Crippen MR) is 106 cm³/mol. The van der Waals surface area contributed by atoms with Gasteiger partial charge < -0.3 is 10.1 Å². The molecule has 3 aromatic heterocycles. The van der Waals surface area contributed by atoms with Gasteiger partial charge in [0, 0.05) is 6.07 Å². The first kappa shape index (κ1) is 18.3. The Kier molecular flexibility index (Phi) is 5.18. The Bertz CT molecular complexity index is 1150. The van der Waals surface area contributed by atoms with Crippen LogP contribution in [0.4, 0.5) is 5.82 Å². The van der Waals surface area contributed by atoms with E-state index in [2.05, 4.69) is 41.3 Å². The van der Waals surface area contributed by atoms with Crippen molar-refractivity contribution in [3.05, 3.63) is 75.9 Å². The molecule has 0 aliphatic heterocycles. The summed E-state index contributed by atoms with van der Waals surface area (Å²) in [6.07, 6.45) is 2.73. The van der Waals surface area contributed by atoms with Crippen LogP contribution in [-0.2, 0) is 6.61 Å². The van der Waals surface area contributed by atoms with Crippen LogP contribution < -0.4 is 10.1 Å². The van der Waals surface area contributed by atoms with E-state index >= 15 is 0 Å². The van der Waals surface area contributed by atoms with Gasteiger partial charge >= 0.3 is 0 Å². The summed E-state index contributed by atoms with van der Waals surface area (Å²) in [6, 6.07) is 12.8. The Morgan fingerprint density at radius 2 is 2.00 bits per heavy atom. The molecule has 140 valence electrons. The summed E-state index contributed by atoms with van der Waals surface area (Å²) in [4.78, 5) is 24.9. The first-order valence-corrected chi connectivity index (χ1v) is 9.27. The second-order valence-corrected chi connectivity index (χ2v) is 6.91. The van der Waals surface area contributed by atoms with Crippen LogP contribution in [0.3, 0.4) is 0 Å². The largest absolute Gasteiger partial charge is 0.473 e. The summed E-state index contributed by atoms with van der Waals surface area (Å²) in [5.74, 6) is 0.192. The lowest BCUT2D eigenvalue weighted by molar-refractivity contribution is 0.102. The Morgan fingerprint density at radius 3 is 2.82 bits per heavy atom. The van der Waals surface area contributed by atoms with Gasteiger partial charge in [-0.15, -0.1) is 0 Å². The van der Waals surface area contributed by atoms with E-state index in [1.807, 2.05) is 30.3 Å². The van der Waals surface area contributed by atoms with Crippen LogP contribution in [-0.4, -0.2) is 30.5 Å². The second-order valence-electron chi connectivity index (χ2n) is 5.66. The maximum absolute atomic E-state index is 12.6. The molecule has 4 rings (SSSR count). The standard InChI is InChI=1S/C18H12BrClN6O2/c19-12-6-14(20)25-26-13(8-21-17(12)26)18(27)24-15-7-16(23-10-22-15)28-9-11-4-2-1-3-5-11/h1-8,10H,9H2,(H,22,23,24,27). The molecule has 28 heavy (non-hydrogen) atoms. The lowest BCUT2D eigenvalue weighted by atomic mass is 10.2. The quantitative estimate of drug-likeness (QED) is 0.488. The van der Waals surface area contributed by atoms with E-state index in [0.29, 0.717) is 28.4 Å². The number of nitrogens with zero attached hydrogens (tertiary/aromatic N) is 5. The van der Waals surface area contributed by atoms with Crippen LogP contribution in [0.5, 0.6) is 5.88 Å². The van der Waals surface area contributed by atoms with Crippen molar-refractivity contribution in [1.82, 2.24) is 24.6 Å². The molecule has 0 fully saturated rings. The predicted octanol–water partition coefficient (Wildman–Crippen LogP) is 3.77. The van der Waals surface area contributed by atoms with Crippen molar-refractivity contribution < 1.29 is 9.53 Å². The van der Waals surface area contributed by atoms with Crippen LogP contribution in [0.25, 0.3) is 5.65 Å². The maximum atomic E-state index is 12.6. The first-order chi connectivity index (χ1) is 13.6. The highest BCUT2D eigenvalue weighted by atomic mass is 79.9. The van der Waals surface area contributed by atoms with Gasteiger partial charge in [0.05, 0.1) is 10.7 Å². The molecular weight excluding hydrogens is 448 g/mol. The van der Waals surface area contributed by atoms with Crippen molar-refractivity contribution in [2.24, 2.45) is 0 Å². The second kappa shape index (κ2) is 7.91. The van der Waals surface area contributed by atoms with Crippen LogP contribution in [0.15, 0.2) is 59.5 Å². The number of benzene rings is 1. The molecule has 1 aromatic carbocycles. The van der Waals surface area contributed by atoms with Crippen molar-refractivity contribution in [3.63, 3.8) is 0 Å². The van der Waals surface area contributed by atoms with E-state index in [1.165, 1.54) is 17.0 Å². The molecule has 0 saturated carbocycles. The van der Waals surface area contributed by atoms with E-state index < -0.39 is 5.91 Å². The number of carbonyl (C=O) groups excluding carboxylic acids is 1. The van der Waals surface area contributed by atoms with Crippen molar-refractivity contribution in [2.75, 3.05) is 5.32 Å². The third kappa shape index (κ3) is 3.95. The normalized spacial score (nSPS) is 10.8. The molecule has 10 heteroatoms. The van der Waals surface area contributed by atoms with Crippen molar-refractivity contribution in [3.8, 4) is 5.88 Å². The minimum Gasteiger partial charge on any atom is -0.473 e. The van der Waals surface area contributed by atoms with E-state index in [9.17, 15) is 4.79 Å². The zero-order valence-electron chi connectivity index (χ0n) is 14.2. The molecule has 3 heterocycles. The van der Waals surface area contributed by atoms with Gasteiger partial charge in [0.25, 0.3) is 5.91 Å². The highest BCUT2D eigenvalue weighted by Gasteiger charge is 2.16. The third-order valence-electron chi connectivity index (χ3n) is 3.74. The number of hydrogen-bond donors (Lipinski definition) is 1. The highest BCUT2D eigenvalue weighted by molar-refractivity contribution is 9.10. The lowest BCUT2D eigenvalue weighted by Gasteiger charge is -2.07. The monoisotopic (exact) mass is 458 g/mol. The lowest BCUT2D eigenvalue weighted by Crippen LogP contribution is -2.16. The number of aromatic nitrogens is 5. The SMILES string of the molecule is O=C(Nc1cc(OCc2ccccc2)ncn1)c1cnc2c(Br)cc(Cl)nn12. The van der Waals surface area contributed by atoms with Gasteiger partial charge in [-0.1, -0.05) is 41.9 Å². The molecule has 8 nitrogen and oxygen atoms in total. The van der Waals surface area contributed by atoms with E-state index in [1.54, 1.807) is 12.1 Å². The highest BCUT2D eigenvalue weighted by Crippen LogP contribution is 2.21. The van der Waals surface area contributed by atoms with E-state index in [4.69, 9.17) is 16.3 Å². The number of imidazole rings is 1. The third-order valence-corrected chi connectivity index (χ3v) is 4.51. The van der Waals surface area contributed by atoms with Gasteiger partial charge in [-0.3, -0.25) is 4.79 Å². The molecule has 0 radical (unpaired) electrons. The number of amides is 1. The average Bonchev–Trinajstić information content (AvgIpc) is 3.12. The van der Waals surface area contributed by atoms with Crippen LogP contribution in [0, 0.1) is 0 Å². The topological polar surface area (TPSA) is 94.3 Å². The summed E-state index contributed by atoms with van der Waals surface area (Å²) < 4.78 is 7.64. The van der Waals surface area contributed by atoms with Gasteiger partial charge in [0.2, 0.25) is 5.88 Å². The van der Waals surface area contributed by atoms with Crippen LogP contribution >= 0.6 is 27.5 Å². The molecule has 0 aliphatic carbocycles. The fourth-order valence-corrected chi connectivity index (χ4v) is 3.26. The first-order valence-electron chi connectivity index (χ1n) is 8.10. The van der Waals surface area contributed by atoms with E-state index in [-0.39, 0.29) is 10.8 Å². The van der Waals surface area contributed by atoms with Gasteiger partial charge in [0.15, 0.2) is 16.5 Å². The summed E-state index contributed by atoms with van der Waals surface area (Å²) in [6.45, 7) is 0.356. The number of ether oxygens (including phenoxy) is 1. The Labute approximate surface area is 172 Å². The maximum Gasteiger partial charge on any atom is 0.277 e. The number of carbonyl (C=O) groups is 1. The molecule has 0 bridgehead atoms. The minimum atomic E-state index is -0.443. The van der Waals surface area contributed by atoms with Gasteiger partial charge in [-0.05, 0) is 27.6 Å². The summed E-state index contributed by atoms with van der Waals surface area (Å²) in [5.41, 5.74) is 1.69. The Morgan fingerprint density at radius 1 is 1.18 bits per heavy atom. The van der Waals surface area contributed by atoms with Crippen LogP contribution in [0.1, 0.15) is 16.1 Å². The molecule has 0 saturated heterocycles. The van der Waals surface area contributed by atoms with Crippen LogP contribution in [0.2, 0.25) is 5.15 Å². The van der Waals surface area contributed by atoms with E-state index in [0.717, 1.165) is 5.56 Å². The number of rotatable bonds is 5.